The fourth-order valence-electron chi connectivity index (χ4n) is 2.72. The largest absolute Gasteiger partial charge is 0.496 e. The Labute approximate surface area is 105 Å². The molecule has 2 nitrogen and oxygen atoms in total. The second-order valence-electron chi connectivity index (χ2n) is 5.04. The maximum Gasteiger partial charge on any atom is 0.123 e. The van der Waals surface area contributed by atoms with E-state index in [1.807, 2.05) is 0 Å². The number of ether oxygens (including phenoxy) is 1. The molecule has 1 saturated heterocycles. The van der Waals surface area contributed by atoms with Gasteiger partial charge in [-0.3, -0.25) is 0 Å². The van der Waals surface area contributed by atoms with Crippen LogP contribution in [0.3, 0.4) is 0 Å². The smallest absolute Gasteiger partial charge is 0.123 e. The Morgan fingerprint density at radius 2 is 2.24 bits per heavy atom. The number of aryl methyl sites for hydroxylation is 1. The van der Waals surface area contributed by atoms with Crippen LogP contribution in [0.2, 0.25) is 0 Å². The third-order valence-electron chi connectivity index (χ3n) is 3.74. The second-order valence-corrected chi connectivity index (χ2v) is 5.04. The van der Waals surface area contributed by atoms with Gasteiger partial charge in [-0.25, -0.2) is 0 Å². The molecule has 1 atom stereocenters. The van der Waals surface area contributed by atoms with Gasteiger partial charge in [0.05, 0.1) is 7.11 Å². The molecule has 0 amide bonds. The number of hydrogen-bond acceptors (Lipinski definition) is 2. The maximum absolute atomic E-state index is 5.39. The van der Waals surface area contributed by atoms with Crippen LogP contribution >= 0.6 is 0 Å². The van der Waals surface area contributed by atoms with Crippen molar-refractivity contribution in [2.24, 2.45) is 5.92 Å². The summed E-state index contributed by atoms with van der Waals surface area (Å²) in [4.78, 5) is 2.49. The van der Waals surface area contributed by atoms with E-state index in [-0.39, 0.29) is 0 Å². The number of methoxy groups -OCH3 is 1. The quantitative estimate of drug-likeness (QED) is 0.787. The third kappa shape index (κ3) is 2.74. The van der Waals surface area contributed by atoms with Crippen molar-refractivity contribution in [3.05, 3.63) is 23.8 Å². The number of rotatable bonds is 4. The number of anilines is 1. The lowest BCUT2D eigenvalue weighted by atomic mass is 10.0. The lowest BCUT2D eigenvalue weighted by molar-refractivity contribution is 0.411. The highest BCUT2D eigenvalue weighted by Crippen LogP contribution is 2.30. The first-order valence-corrected chi connectivity index (χ1v) is 6.64. The van der Waals surface area contributed by atoms with Crippen LogP contribution in [0.1, 0.15) is 31.7 Å². The molecule has 1 aliphatic heterocycles. The minimum atomic E-state index is 0.882. The Morgan fingerprint density at radius 1 is 1.41 bits per heavy atom. The van der Waals surface area contributed by atoms with E-state index in [0.29, 0.717) is 0 Å². The standard InChI is InChI=1S/C15H23NO/c1-4-5-13-8-9-16(11-13)14-7-6-12(2)15(10-14)17-3/h6-7,10,13H,4-5,8-9,11H2,1-3H3/t13-/m0/s1. The van der Waals surface area contributed by atoms with E-state index >= 15 is 0 Å². The second kappa shape index (κ2) is 5.44. The van der Waals surface area contributed by atoms with Crippen molar-refractivity contribution in [2.45, 2.75) is 33.1 Å². The Bertz CT molecular complexity index is 375. The predicted molar refractivity (Wildman–Crippen MR) is 73.0 cm³/mol. The van der Waals surface area contributed by atoms with Crippen molar-refractivity contribution >= 4 is 5.69 Å². The molecule has 1 aliphatic rings. The van der Waals surface area contributed by atoms with Crippen LogP contribution in [0.5, 0.6) is 5.75 Å². The SMILES string of the molecule is CCC[C@H]1CCN(c2ccc(C)c(OC)c2)C1. The summed E-state index contributed by atoms with van der Waals surface area (Å²) in [6.45, 7) is 6.76. The fraction of sp³-hybridized carbons (Fsp3) is 0.600. The van der Waals surface area contributed by atoms with Crippen LogP contribution in [0.15, 0.2) is 18.2 Å². The van der Waals surface area contributed by atoms with E-state index in [4.69, 9.17) is 4.74 Å². The highest BCUT2D eigenvalue weighted by molar-refractivity contribution is 5.54. The van der Waals surface area contributed by atoms with Crippen LogP contribution in [0.25, 0.3) is 0 Å². The lowest BCUT2D eigenvalue weighted by Gasteiger charge is -2.20. The predicted octanol–water partition coefficient (Wildman–Crippen LogP) is 3.63. The van der Waals surface area contributed by atoms with Crippen LogP contribution in [0, 0.1) is 12.8 Å². The van der Waals surface area contributed by atoms with Gasteiger partial charge in [0, 0.05) is 24.8 Å². The molecule has 1 aromatic rings. The molecular weight excluding hydrogens is 210 g/mol. The van der Waals surface area contributed by atoms with Crippen molar-refractivity contribution in [2.75, 3.05) is 25.1 Å². The number of benzene rings is 1. The van der Waals surface area contributed by atoms with Crippen molar-refractivity contribution < 1.29 is 4.74 Å². The van der Waals surface area contributed by atoms with E-state index in [2.05, 4.69) is 36.9 Å². The van der Waals surface area contributed by atoms with Crippen LogP contribution < -0.4 is 9.64 Å². The first-order valence-electron chi connectivity index (χ1n) is 6.64. The van der Waals surface area contributed by atoms with Gasteiger partial charge in [0.1, 0.15) is 5.75 Å². The van der Waals surface area contributed by atoms with E-state index in [0.717, 1.165) is 11.7 Å². The van der Waals surface area contributed by atoms with Crippen molar-refractivity contribution in [1.29, 1.82) is 0 Å². The number of nitrogens with zero attached hydrogens (tertiary/aromatic N) is 1. The summed E-state index contributed by atoms with van der Waals surface area (Å²) < 4.78 is 5.39. The molecule has 0 N–H and O–H groups in total. The Hall–Kier alpha value is -1.18. The van der Waals surface area contributed by atoms with E-state index in [1.54, 1.807) is 7.11 Å². The molecule has 0 aliphatic carbocycles. The van der Waals surface area contributed by atoms with Gasteiger partial charge in [-0.05, 0) is 37.3 Å². The van der Waals surface area contributed by atoms with Crippen LogP contribution in [0.4, 0.5) is 5.69 Å². The van der Waals surface area contributed by atoms with Gasteiger partial charge in [-0.15, -0.1) is 0 Å². The monoisotopic (exact) mass is 233 g/mol. The minimum Gasteiger partial charge on any atom is -0.496 e. The van der Waals surface area contributed by atoms with Crippen LogP contribution in [-0.2, 0) is 0 Å². The van der Waals surface area contributed by atoms with E-state index in [1.165, 1.54) is 43.6 Å². The maximum atomic E-state index is 5.39. The van der Waals surface area contributed by atoms with Crippen LogP contribution in [-0.4, -0.2) is 20.2 Å². The molecule has 94 valence electrons. The lowest BCUT2D eigenvalue weighted by Crippen LogP contribution is -2.19. The molecule has 1 heterocycles. The zero-order valence-corrected chi connectivity index (χ0v) is 11.2. The topological polar surface area (TPSA) is 12.5 Å². The molecule has 0 saturated carbocycles. The van der Waals surface area contributed by atoms with E-state index < -0.39 is 0 Å². The fourth-order valence-corrected chi connectivity index (χ4v) is 2.72. The molecule has 1 fully saturated rings. The summed E-state index contributed by atoms with van der Waals surface area (Å²) in [6.07, 6.45) is 4.00. The van der Waals surface area contributed by atoms with Gasteiger partial charge in [0.2, 0.25) is 0 Å². The summed E-state index contributed by atoms with van der Waals surface area (Å²) >= 11 is 0. The zero-order chi connectivity index (χ0) is 12.3. The minimum absolute atomic E-state index is 0.882. The van der Waals surface area contributed by atoms with E-state index in [9.17, 15) is 0 Å². The van der Waals surface area contributed by atoms with Gasteiger partial charge in [-0.1, -0.05) is 19.4 Å². The van der Waals surface area contributed by atoms with Crippen molar-refractivity contribution in [3.63, 3.8) is 0 Å². The molecule has 0 bridgehead atoms. The molecule has 2 heteroatoms. The van der Waals surface area contributed by atoms with Crippen molar-refractivity contribution in [3.8, 4) is 5.75 Å². The van der Waals surface area contributed by atoms with Gasteiger partial charge < -0.3 is 9.64 Å². The molecule has 17 heavy (non-hydrogen) atoms. The summed E-state index contributed by atoms with van der Waals surface area (Å²) in [6, 6.07) is 6.54. The first kappa shape index (κ1) is 12.3. The summed E-state index contributed by atoms with van der Waals surface area (Å²) in [7, 11) is 1.75. The summed E-state index contributed by atoms with van der Waals surface area (Å²) in [5.41, 5.74) is 2.52. The molecular formula is C15H23NO. The van der Waals surface area contributed by atoms with Crippen molar-refractivity contribution in [1.82, 2.24) is 0 Å². The Kier molecular flexibility index (Phi) is 3.93. The zero-order valence-electron chi connectivity index (χ0n) is 11.2. The average molecular weight is 233 g/mol. The molecule has 1 aromatic carbocycles. The van der Waals surface area contributed by atoms with Gasteiger partial charge in [0.25, 0.3) is 0 Å². The third-order valence-corrected chi connectivity index (χ3v) is 3.74. The highest BCUT2D eigenvalue weighted by Gasteiger charge is 2.22. The normalized spacial score (nSPS) is 19.7. The molecule has 2 rings (SSSR count). The molecule has 0 aromatic heterocycles. The van der Waals surface area contributed by atoms with Gasteiger partial charge >= 0.3 is 0 Å². The van der Waals surface area contributed by atoms with Gasteiger partial charge in [-0.2, -0.15) is 0 Å². The Morgan fingerprint density at radius 3 is 2.94 bits per heavy atom. The summed E-state index contributed by atoms with van der Waals surface area (Å²) in [5.74, 6) is 1.88. The molecule has 0 unspecified atom stereocenters. The Balaban J connectivity index is 2.08. The molecule has 0 spiro atoms. The molecule has 0 radical (unpaired) electrons. The van der Waals surface area contributed by atoms with Gasteiger partial charge in [0.15, 0.2) is 0 Å². The summed E-state index contributed by atoms with van der Waals surface area (Å²) in [5, 5.41) is 0. The first-order chi connectivity index (χ1) is 8.24. The average Bonchev–Trinajstić information content (AvgIpc) is 2.79. The number of hydrogen-bond donors (Lipinski definition) is 0. The highest BCUT2D eigenvalue weighted by atomic mass is 16.5.